The Kier molecular flexibility index (Phi) is 6.89. The van der Waals surface area contributed by atoms with E-state index in [4.69, 9.17) is 9.47 Å². The molecule has 2 aromatic rings. The van der Waals surface area contributed by atoms with Crippen molar-refractivity contribution in [3.8, 4) is 0 Å². The van der Waals surface area contributed by atoms with E-state index in [0.29, 0.717) is 17.5 Å². The summed E-state index contributed by atoms with van der Waals surface area (Å²) in [6.07, 6.45) is 0.302. The van der Waals surface area contributed by atoms with Crippen molar-refractivity contribution in [1.29, 1.82) is 0 Å². The van der Waals surface area contributed by atoms with E-state index in [1.165, 1.54) is 0 Å². The largest absolute Gasteiger partial charge is 0.442 e. The third-order valence-electron chi connectivity index (χ3n) is 3.50. The molecule has 1 atom stereocenters. The summed E-state index contributed by atoms with van der Waals surface area (Å²) in [5.74, 6) is -2.17. The first-order chi connectivity index (χ1) is 12.1. The molecule has 0 N–H and O–H groups in total. The lowest BCUT2D eigenvalue weighted by Crippen LogP contribution is -2.24. The van der Waals surface area contributed by atoms with Gasteiger partial charge < -0.3 is 9.47 Å². The maximum absolute atomic E-state index is 12.4. The zero-order valence-corrected chi connectivity index (χ0v) is 14.0. The van der Waals surface area contributed by atoms with E-state index in [1.54, 1.807) is 60.7 Å². The van der Waals surface area contributed by atoms with Crippen LogP contribution in [0, 0.1) is 0 Å². The SMILES string of the molecule is CCCCC(=O)OC(=O)C(OC(=O)c1ccccc1)c1ccccc1. The van der Waals surface area contributed by atoms with Crippen LogP contribution >= 0.6 is 0 Å². The van der Waals surface area contributed by atoms with Crippen LogP contribution in [0.4, 0.5) is 0 Å². The molecule has 0 aromatic heterocycles. The van der Waals surface area contributed by atoms with Crippen molar-refractivity contribution in [2.75, 3.05) is 0 Å². The molecule has 0 fully saturated rings. The van der Waals surface area contributed by atoms with Gasteiger partial charge in [0, 0.05) is 12.0 Å². The summed E-state index contributed by atoms with van der Waals surface area (Å²) in [6.45, 7) is 1.93. The van der Waals surface area contributed by atoms with Crippen molar-refractivity contribution in [1.82, 2.24) is 0 Å². The molecule has 0 radical (unpaired) electrons. The Morgan fingerprint density at radius 2 is 1.52 bits per heavy atom. The van der Waals surface area contributed by atoms with Crippen molar-refractivity contribution in [3.05, 3.63) is 71.8 Å². The molecule has 5 heteroatoms. The zero-order chi connectivity index (χ0) is 18.1. The van der Waals surface area contributed by atoms with Gasteiger partial charge in [-0.05, 0) is 18.6 Å². The second-order valence-electron chi connectivity index (χ2n) is 5.46. The molecular weight excluding hydrogens is 320 g/mol. The first-order valence-corrected chi connectivity index (χ1v) is 8.17. The van der Waals surface area contributed by atoms with Gasteiger partial charge in [-0.2, -0.15) is 0 Å². The van der Waals surface area contributed by atoms with Crippen molar-refractivity contribution in [2.45, 2.75) is 32.3 Å². The van der Waals surface area contributed by atoms with Gasteiger partial charge >= 0.3 is 17.9 Å². The average molecular weight is 340 g/mol. The van der Waals surface area contributed by atoms with Crippen LogP contribution in [0.5, 0.6) is 0 Å². The van der Waals surface area contributed by atoms with Gasteiger partial charge in [0.05, 0.1) is 5.56 Å². The Hall–Kier alpha value is -2.95. The van der Waals surface area contributed by atoms with Crippen LogP contribution in [0.3, 0.4) is 0 Å². The summed E-state index contributed by atoms with van der Waals surface area (Å²) >= 11 is 0. The van der Waals surface area contributed by atoms with Gasteiger partial charge in [-0.25, -0.2) is 9.59 Å². The lowest BCUT2D eigenvalue weighted by molar-refractivity contribution is -0.166. The molecule has 0 spiro atoms. The molecule has 0 saturated heterocycles. The van der Waals surface area contributed by atoms with Crippen LogP contribution in [0.15, 0.2) is 60.7 Å². The lowest BCUT2D eigenvalue weighted by atomic mass is 10.1. The Morgan fingerprint density at radius 1 is 0.920 bits per heavy atom. The van der Waals surface area contributed by atoms with Gasteiger partial charge in [-0.15, -0.1) is 0 Å². The maximum Gasteiger partial charge on any atom is 0.359 e. The van der Waals surface area contributed by atoms with E-state index >= 15 is 0 Å². The highest BCUT2D eigenvalue weighted by Crippen LogP contribution is 2.21. The summed E-state index contributed by atoms with van der Waals surface area (Å²) in [5, 5.41) is 0. The molecule has 1 unspecified atom stereocenters. The van der Waals surface area contributed by atoms with E-state index in [0.717, 1.165) is 6.42 Å². The third kappa shape index (κ3) is 5.57. The van der Waals surface area contributed by atoms with Gasteiger partial charge in [-0.3, -0.25) is 4.79 Å². The van der Waals surface area contributed by atoms with Crippen LogP contribution in [0.2, 0.25) is 0 Å². The van der Waals surface area contributed by atoms with E-state index < -0.39 is 24.0 Å². The Labute approximate surface area is 146 Å². The fraction of sp³-hybridized carbons (Fsp3) is 0.250. The number of benzene rings is 2. The number of carbonyl (C=O) groups is 3. The van der Waals surface area contributed by atoms with Gasteiger partial charge in [0.15, 0.2) is 0 Å². The monoisotopic (exact) mass is 340 g/mol. The second-order valence-corrected chi connectivity index (χ2v) is 5.46. The number of ether oxygens (including phenoxy) is 2. The highest BCUT2D eigenvalue weighted by Gasteiger charge is 2.28. The fourth-order valence-electron chi connectivity index (χ4n) is 2.17. The first kappa shape index (κ1) is 18.4. The predicted octanol–water partition coefficient (Wildman–Crippen LogP) is 3.84. The quantitative estimate of drug-likeness (QED) is 0.566. The minimum absolute atomic E-state index is 0.149. The Balaban J connectivity index is 2.15. The standard InChI is InChI=1S/C20H20O5/c1-2-3-14-17(21)24-20(23)18(15-10-6-4-7-11-15)25-19(22)16-12-8-5-9-13-16/h4-13,18H,2-3,14H2,1H3. The van der Waals surface area contributed by atoms with Gasteiger partial charge in [0.2, 0.25) is 6.10 Å². The normalized spacial score (nSPS) is 11.4. The Morgan fingerprint density at radius 3 is 2.12 bits per heavy atom. The van der Waals surface area contributed by atoms with Crippen molar-refractivity contribution >= 4 is 17.9 Å². The maximum atomic E-state index is 12.4. The zero-order valence-electron chi connectivity index (χ0n) is 14.0. The minimum Gasteiger partial charge on any atom is -0.442 e. The van der Waals surface area contributed by atoms with Crippen LogP contribution in [-0.2, 0) is 19.1 Å². The molecule has 2 aromatic carbocycles. The van der Waals surface area contributed by atoms with Crippen LogP contribution in [0.25, 0.3) is 0 Å². The smallest absolute Gasteiger partial charge is 0.359 e. The molecule has 0 heterocycles. The number of esters is 3. The summed E-state index contributed by atoms with van der Waals surface area (Å²) in [7, 11) is 0. The summed E-state index contributed by atoms with van der Waals surface area (Å²) in [4.78, 5) is 36.4. The fourth-order valence-corrected chi connectivity index (χ4v) is 2.17. The molecule has 0 aliphatic carbocycles. The Bertz CT molecular complexity index is 709. The third-order valence-corrected chi connectivity index (χ3v) is 3.50. The molecular formula is C20H20O5. The van der Waals surface area contributed by atoms with Gasteiger partial charge in [-0.1, -0.05) is 61.9 Å². The van der Waals surface area contributed by atoms with Gasteiger partial charge in [0.1, 0.15) is 0 Å². The average Bonchev–Trinajstić information content (AvgIpc) is 2.65. The first-order valence-electron chi connectivity index (χ1n) is 8.17. The lowest BCUT2D eigenvalue weighted by Gasteiger charge is -2.16. The summed E-state index contributed by atoms with van der Waals surface area (Å²) < 4.78 is 10.2. The van der Waals surface area contributed by atoms with E-state index in [-0.39, 0.29) is 6.42 Å². The predicted molar refractivity (Wildman–Crippen MR) is 91.7 cm³/mol. The number of rotatable bonds is 7. The van der Waals surface area contributed by atoms with E-state index in [9.17, 15) is 14.4 Å². The van der Waals surface area contributed by atoms with E-state index in [1.807, 2.05) is 6.92 Å². The second kappa shape index (κ2) is 9.37. The topological polar surface area (TPSA) is 69.7 Å². The van der Waals surface area contributed by atoms with Crippen LogP contribution in [-0.4, -0.2) is 17.9 Å². The van der Waals surface area contributed by atoms with Crippen molar-refractivity contribution < 1.29 is 23.9 Å². The van der Waals surface area contributed by atoms with Crippen LogP contribution < -0.4 is 0 Å². The summed E-state index contributed by atoms with van der Waals surface area (Å²) in [6, 6.07) is 16.8. The summed E-state index contributed by atoms with van der Waals surface area (Å²) in [5.41, 5.74) is 0.758. The number of hydrogen-bond acceptors (Lipinski definition) is 5. The molecule has 25 heavy (non-hydrogen) atoms. The number of unbranched alkanes of at least 4 members (excludes halogenated alkanes) is 1. The number of hydrogen-bond donors (Lipinski definition) is 0. The molecule has 0 amide bonds. The molecule has 0 aliphatic rings. The van der Waals surface area contributed by atoms with Gasteiger partial charge in [0.25, 0.3) is 0 Å². The van der Waals surface area contributed by atoms with Crippen molar-refractivity contribution in [2.24, 2.45) is 0 Å². The molecule has 0 aliphatic heterocycles. The van der Waals surface area contributed by atoms with E-state index in [2.05, 4.69) is 0 Å². The van der Waals surface area contributed by atoms with Crippen molar-refractivity contribution in [3.63, 3.8) is 0 Å². The number of carbonyl (C=O) groups excluding carboxylic acids is 3. The van der Waals surface area contributed by atoms with Crippen LogP contribution in [0.1, 0.15) is 48.2 Å². The highest BCUT2D eigenvalue weighted by molar-refractivity contribution is 5.93. The molecule has 130 valence electrons. The molecule has 0 bridgehead atoms. The molecule has 0 saturated carbocycles. The minimum atomic E-state index is -1.29. The molecule has 2 rings (SSSR count). The molecule has 5 nitrogen and oxygen atoms in total. The highest BCUT2D eigenvalue weighted by atomic mass is 16.6.